The predicted octanol–water partition coefficient (Wildman–Crippen LogP) is 4.17. The fourth-order valence-corrected chi connectivity index (χ4v) is 3.02. The van der Waals surface area contributed by atoms with Crippen LogP contribution in [0.2, 0.25) is 5.02 Å². The minimum Gasteiger partial charge on any atom is -0.321 e. The van der Waals surface area contributed by atoms with Gasteiger partial charge in [-0.2, -0.15) is 0 Å². The van der Waals surface area contributed by atoms with Gasteiger partial charge in [-0.3, -0.25) is 9.59 Å². The summed E-state index contributed by atoms with van der Waals surface area (Å²) >= 11 is 6.82. The van der Waals surface area contributed by atoms with E-state index in [1.165, 1.54) is 0 Å². The number of rotatable bonds is 2. The molecular formula is C16H10ClNO2S. The van der Waals surface area contributed by atoms with E-state index in [9.17, 15) is 9.59 Å². The molecule has 0 bridgehead atoms. The van der Waals surface area contributed by atoms with Crippen LogP contribution in [0.15, 0.2) is 59.4 Å². The number of fused-ring (bicyclic) bond motifs is 1. The SMILES string of the molecule is O=C(Nc1cccc(Cl)c1)c1cc2ccccc2c(=O)s1. The summed E-state index contributed by atoms with van der Waals surface area (Å²) in [6.07, 6.45) is 0. The first-order chi connectivity index (χ1) is 10.1. The van der Waals surface area contributed by atoms with Crippen LogP contribution in [0, 0.1) is 0 Å². The average molecular weight is 316 g/mol. The Balaban J connectivity index is 1.96. The van der Waals surface area contributed by atoms with Crippen molar-refractivity contribution in [2.45, 2.75) is 0 Å². The first-order valence-corrected chi connectivity index (χ1v) is 7.43. The summed E-state index contributed by atoms with van der Waals surface area (Å²) < 4.78 is -0.121. The lowest BCUT2D eigenvalue weighted by atomic mass is 10.2. The van der Waals surface area contributed by atoms with E-state index < -0.39 is 0 Å². The number of amides is 1. The Morgan fingerprint density at radius 3 is 2.67 bits per heavy atom. The highest BCUT2D eigenvalue weighted by atomic mass is 35.5. The van der Waals surface area contributed by atoms with Gasteiger partial charge in [-0.15, -0.1) is 0 Å². The Morgan fingerprint density at radius 1 is 1.05 bits per heavy atom. The third-order valence-electron chi connectivity index (χ3n) is 2.98. The minimum atomic E-state index is -0.315. The second-order valence-electron chi connectivity index (χ2n) is 4.45. The van der Waals surface area contributed by atoms with E-state index in [-0.39, 0.29) is 10.6 Å². The van der Waals surface area contributed by atoms with Crippen LogP contribution < -0.4 is 10.1 Å². The molecule has 0 atom stereocenters. The van der Waals surface area contributed by atoms with Gasteiger partial charge in [0.05, 0.1) is 4.88 Å². The predicted molar refractivity (Wildman–Crippen MR) is 87.5 cm³/mol. The number of benzene rings is 2. The molecule has 0 saturated heterocycles. The smallest absolute Gasteiger partial charge is 0.265 e. The highest BCUT2D eigenvalue weighted by Crippen LogP contribution is 2.18. The van der Waals surface area contributed by atoms with Gasteiger partial charge in [0.1, 0.15) is 0 Å². The molecule has 1 heterocycles. The van der Waals surface area contributed by atoms with E-state index in [2.05, 4.69) is 5.32 Å². The van der Waals surface area contributed by atoms with Crippen molar-refractivity contribution in [2.24, 2.45) is 0 Å². The van der Waals surface area contributed by atoms with Crippen molar-refractivity contribution in [3.8, 4) is 0 Å². The molecule has 0 aliphatic heterocycles. The zero-order valence-electron chi connectivity index (χ0n) is 10.8. The van der Waals surface area contributed by atoms with E-state index in [0.717, 1.165) is 16.7 Å². The number of hydrogen-bond donors (Lipinski definition) is 1. The van der Waals surface area contributed by atoms with Gasteiger partial charge in [-0.25, -0.2) is 0 Å². The molecule has 2 aromatic carbocycles. The molecule has 1 N–H and O–H groups in total. The third-order valence-corrected chi connectivity index (χ3v) is 4.14. The van der Waals surface area contributed by atoms with Crippen molar-refractivity contribution in [1.82, 2.24) is 0 Å². The molecule has 0 radical (unpaired) electrons. The number of halogens is 1. The van der Waals surface area contributed by atoms with Gasteiger partial charge < -0.3 is 5.32 Å². The third kappa shape index (κ3) is 2.96. The van der Waals surface area contributed by atoms with Gasteiger partial charge >= 0.3 is 0 Å². The molecule has 21 heavy (non-hydrogen) atoms. The second kappa shape index (κ2) is 5.68. The quantitative estimate of drug-likeness (QED) is 0.771. The Labute approximate surface area is 129 Å². The van der Waals surface area contributed by atoms with E-state index in [1.807, 2.05) is 18.2 Å². The topological polar surface area (TPSA) is 46.2 Å². The maximum atomic E-state index is 12.2. The lowest BCUT2D eigenvalue weighted by Crippen LogP contribution is -2.12. The zero-order valence-corrected chi connectivity index (χ0v) is 12.4. The average Bonchev–Trinajstić information content (AvgIpc) is 2.47. The summed E-state index contributed by atoms with van der Waals surface area (Å²) in [7, 11) is 0. The summed E-state index contributed by atoms with van der Waals surface area (Å²) in [4.78, 5) is 24.6. The van der Waals surface area contributed by atoms with E-state index in [0.29, 0.717) is 21.0 Å². The normalized spacial score (nSPS) is 10.5. The summed E-state index contributed by atoms with van der Waals surface area (Å²) in [6.45, 7) is 0. The van der Waals surface area contributed by atoms with Gasteiger partial charge in [0, 0.05) is 16.1 Å². The molecule has 0 fully saturated rings. The van der Waals surface area contributed by atoms with Gasteiger partial charge in [0.2, 0.25) is 4.74 Å². The number of hydrogen-bond acceptors (Lipinski definition) is 3. The Morgan fingerprint density at radius 2 is 1.86 bits per heavy atom. The molecule has 1 aromatic heterocycles. The van der Waals surface area contributed by atoms with E-state index >= 15 is 0 Å². The molecule has 3 aromatic rings. The summed E-state index contributed by atoms with van der Waals surface area (Å²) in [6, 6.07) is 15.8. The van der Waals surface area contributed by atoms with Crippen molar-refractivity contribution >= 4 is 45.3 Å². The van der Waals surface area contributed by atoms with Crippen LogP contribution in [0.25, 0.3) is 10.8 Å². The Kier molecular flexibility index (Phi) is 3.73. The molecule has 0 aliphatic rings. The first-order valence-electron chi connectivity index (χ1n) is 6.23. The number of anilines is 1. The van der Waals surface area contributed by atoms with Crippen LogP contribution in [0.1, 0.15) is 9.67 Å². The van der Waals surface area contributed by atoms with E-state index in [1.54, 1.807) is 36.4 Å². The van der Waals surface area contributed by atoms with Crippen molar-refractivity contribution in [3.63, 3.8) is 0 Å². The molecule has 104 valence electrons. The summed E-state index contributed by atoms with van der Waals surface area (Å²) in [5.41, 5.74) is 0.598. The molecule has 0 unspecified atom stereocenters. The molecule has 0 aliphatic carbocycles. The van der Waals surface area contributed by atoms with Crippen LogP contribution in [0.5, 0.6) is 0 Å². The molecule has 3 nitrogen and oxygen atoms in total. The monoisotopic (exact) mass is 315 g/mol. The summed E-state index contributed by atoms with van der Waals surface area (Å²) in [5.74, 6) is -0.315. The largest absolute Gasteiger partial charge is 0.321 e. The molecule has 3 rings (SSSR count). The molecule has 5 heteroatoms. The Bertz CT molecular complexity index is 889. The van der Waals surface area contributed by atoms with E-state index in [4.69, 9.17) is 11.6 Å². The fraction of sp³-hybridized carbons (Fsp3) is 0. The molecule has 0 saturated carbocycles. The highest BCUT2D eigenvalue weighted by molar-refractivity contribution is 7.12. The standard InChI is InChI=1S/C16H10ClNO2S/c17-11-5-3-6-12(9-11)18-15(19)14-8-10-4-1-2-7-13(10)16(20)21-14/h1-9H,(H,18,19). The van der Waals surface area contributed by atoms with Gasteiger partial charge in [-0.1, -0.05) is 47.2 Å². The first kappa shape index (κ1) is 13.8. The minimum absolute atomic E-state index is 0.121. The van der Waals surface area contributed by atoms with Crippen LogP contribution >= 0.6 is 22.9 Å². The maximum Gasteiger partial charge on any atom is 0.265 e. The fourth-order valence-electron chi connectivity index (χ4n) is 2.01. The lowest BCUT2D eigenvalue weighted by molar-refractivity contribution is 0.103. The van der Waals surface area contributed by atoms with Crippen LogP contribution in [0.4, 0.5) is 5.69 Å². The van der Waals surface area contributed by atoms with Gasteiger partial charge in [-0.05, 0) is 35.7 Å². The van der Waals surface area contributed by atoms with Crippen molar-refractivity contribution in [3.05, 3.63) is 74.0 Å². The maximum absolute atomic E-state index is 12.2. The molecule has 0 spiro atoms. The number of carbonyl (C=O) groups excluding carboxylic acids is 1. The summed E-state index contributed by atoms with van der Waals surface area (Å²) in [5, 5.41) is 4.67. The van der Waals surface area contributed by atoms with Crippen LogP contribution in [-0.4, -0.2) is 5.91 Å². The van der Waals surface area contributed by atoms with Crippen molar-refractivity contribution in [2.75, 3.05) is 5.32 Å². The van der Waals surface area contributed by atoms with Crippen LogP contribution in [0.3, 0.4) is 0 Å². The van der Waals surface area contributed by atoms with Crippen molar-refractivity contribution < 1.29 is 4.79 Å². The van der Waals surface area contributed by atoms with Gasteiger partial charge in [0.25, 0.3) is 5.91 Å². The second-order valence-corrected chi connectivity index (χ2v) is 5.90. The Hall–Kier alpha value is -2.17. The number of carbonyl (C=O) groups is 1. The molecular weight excluding hydrogens is 306 g/mol. The highest BCUT2D eigenvalue weighted by Gasteiger charge is 2.10. The lowest BCUT2D eigenvalue weighted by Gasteiger charge is -2.05. The zero-order chi connectivity index (χ0) is 14.8. The number of nitrogens with one attached hydrogen (secondary N) is 1. The van der Waals surface area contributed by atoms with Crippen LogP contribution in [-0.2, 0) is 0 Å². The van der Waals surface area contributed by atoms with Crippen molar-refractivity contribution in [1.29, 1.82) is 0 Å². The molecule has 1 amide bonds. The van der Waals surface area contributed by atoms with Gasteiger partial charge in [0.15, 0.2) is 0 Å².